The lowest BCUT2D eigenvalue weighted by Crippen LogP contribution is -2.31. The van der Waals surface area contributed by atoms with E-state index in [-0.39, 0.29) is 23.1 Å². The number of benzene rings is 2. The number of amides is 2. The molecule has 7 nitrogen and oxygen atoms in total. The highest BCUT2D eigenvalue weighted by atomic mass is 16.2. The number of carbonyl (C=O) groups excluding carboxylic acids is 1. The second-order valence-electron chi connectivity index (χ2n) is 13.2. The first-order chi connectivity index (χ1) is 22.8. The third kappa shape index (κ3) is 8.12. The lowest BCUT2D eigenvalue weighted by Gasteiger charge is -2.22. The van der Waals surface area contributed by atoms with E-state index in [4.69, 9.17) is 0 Å². The molecule has 0 spiro atoms. The van der Waals surface area contributed by atoms with E-state index in [2.05, 4.69) is 67.4 Å². The number of pyridine rings is 2. The minimum Gasteiger partial charge on any atom is -0.307 e. The summed E-state index contributed by atoms with van der Waals surface area (Å²) in [6, 6.07) is 18.0. The lowest BCUT2D eigenvalue weighted by molar-refractivity contribution is 0.262. The fourth-order valence-corrected chi connectivity index (χ4v) is 6.57. The fraction of sp³-hybridized carbons (Fsp3) is 0.425. The molecule has 2 aromatic carbocycles. The maximum absolute atomic E-state index is 14.3. The number of hydrogen-bond donors (Lipinski definition) is 3. The van der Waals surface area contributed by atoms with Gasteiger partial charge >= 0.3 is 6.03 Å². The maximum Gasteiger partial charge on any atom is 0.323 e. The molecule has 0 atom stereocenters. The number of carbonyl (C=O) groups is 1. The molecule has 2 aromatic heterocycles. The summed E-state index contributed by atoms with van der Waals surface area (Å²) in [5.74, 6) is 7.02. The van der Waals surface area contributed by atoms with Crippen molar-refractivity contribution in [1.82, 2.24) is 14.9 Å². The Kier molecular flexibility index (Phi) is 11.5. The first kappa shape index (κ1) is 33.9. The van der Waals surface area contributed by atoms with Gasteiger partial charge in [-0.1, -0.05) is 102 Å². The van der Waals surface area contributed by atoms with Crippen molar-refractivity contribution in [3.05, 3.63) is 87.8 Å². The molecule has 0 radical (unpaired) electrons. The van der Waals surface area contributed by atoms with Gasteiger partial charge in [0.25, 0.3) is 5.56 Å². The van der Waals surface area contributed by atoms with Crippen LogP contribution in [0.4, 0.5) is 16.2 Å². The zero-order valence-electron chi connectivity index (χ0n) is 28.6. The summed E-state index contributed by atoms with van der Waals surface area (Å²) in [7, 11) is 0. The quantitative estimate of drug-likeness (QED) is 0.152. The van der Waals surface area contributed by atoms with E-state index in [1.165, 1.54) is 32.1 Å². The summed E-state index contributed by atoms with van der Waals surface area (Å²) in [6.45, 7) is 11.7. The van der Waals surface area contributed by atoms with Crippen molar-refractivity contribution in [3.63, 3.8) is 0 Å². The molecular formula is C40H49N5O2. The standard InChI is InChI=1S/C40H49N5O2/c1-6-7-25-45-38-34(22-14-24-42-38)35(30-17-11-15-29(26-30)16-13-23-41-31-18-9-8-10-19-31)37(39(45)46)44-40(47)43-36-32(27(2)3)20-12-21-33(36)28(4)5/h11-12,14-15,17,20-22,24,26-28,31,41H,6-10,18-19,23,25H2,1-5H3,(H2,43,44,47). The van der Waals surface area contributed by atoms with Crippen LogP contribution in [0.2, 0.25) is 0 Å². The molecular weight excluding hydrogens is 582 g/mol. The SMILES string of the molecule is CCCCn1c(=O)c(NC(=O)Nc2c(C(C)C)cccc2C(C)C)c(-c2cccc(C#CCNC3CCCCC3)c2)c2cccnc21. The minimum absolute atomic E-state index is 0.208. The fourth-order valence-electron chi connectivity index (χ4n) is 6.57. The highest BCUT2D eigenvalue weighted by Gasteiger charge is 2.23. The van der Waals surface area contributed by atoms with E-state index in [9.17, 15) is 9.59 Å². The Bertz CT molecular complexity index is 1800. The molecule has 4 aromatic rings. The Balaban J connectivity index is 1.56. The van der Waals surface area contributed by atoms with Gasteiger partial charge in [0.1, 0.15) is 11.3 Å². The summed E-state index contributed by atoms with van der Waals surface area (Å²) in [6.07, 6.45) is 9.77. The maximum atomic E-state index is 14.3. The van der Waals surface area contributed by atoms with Crippen molar-refractivity contribution in [2.24, 2.45) is 0 Å². The monoisotopic (exact) mass is 631 g/mol. The number of unbranched alkanes of at least 4 members (excludes halogenated alkanes) is 1. The Morgan fingerprint density at radius 1 is 0.936 bits per heavy atom. The van der Waals surface area contributed by atoms with Crippen LogP contribution in [0.15, 0.2) is 65.6 Å². The number of aromatic nitrogens is 2. The van der Waals surface area contributed by atoms with Crippen molar-refractivity contribution < 1.29 is 4.79 Å². The Morgan fingerprint density at radius 3 is 2.34 bits per heavy atom. The summed E-state index contributed by atoms with van der Waals surface area (Å²) < 4.78 is 1.69. The molecule has 246 valence electrons. The van der Waals surface area contributed by atoms with Crippen LogP contribution < -0.4 is 21.5 Å². The first-order valence-corrected chi connectivity index (χ1v) is 17.3. The van der Waals surface area contributed by atoms with Crippen molar-refractivity contribution in [1.29, 1.82) is 0 Å². The van der Waals surface area contributed by atoms with Gasteiger partial charge in [-0.2, -0.15) is 0 Å². The van der Waals surface area contributed by atoms with E-state index in [1.807, 2.05) is 54.6 Å². The normalized spacial score (nSPS) is 13.5. The molecule has 1 aliphatic rings. The number of rotatable bonds is 10. The summed E-state index contributed by atoms with van der Waals surface area (Å²) >= 11 is 0. The molecule has 3 N–H and O–H groups in total. The average molecular weight is 632 g/mol. The molecule has 5 rings (SSSR count). The molecule has 47 heavy (non-hydrogen) atoms. The average Bonchev–Trinajstić information content (AvgIpc) is 3.07. The van der Waals surface area contributed by atoms with Gasteiger partial charge in [-0.15, -0.1) is 0 Å². The Hall–Kier alpha value is -4.41. The van der Waals surface area contributed by atoms with Gasteiger partial charge in [0, 0.05) is 41.0 Å². The molecule has 2 heterocycles. The van der Waals surface area contributed by atoms with Crippen LogP contribution in [0.25, 0.3) is 22.2 Å². The molecule has 7 heteroatoms. The van der Waals surface area contributed by atoms with E-state index in [0.717, 1.165) is 46.2 Å². The van der Waals surface area contributed by atoms with E-state index >= 15 is 0 Å². The third-order valence-corrected chi connectivity index (χ3v) is 9.07. The molecule has 1 aliphatic carbocycles. The number of nitrogens with one attached hydrogen (secondary N) is 3. The van der Waals surface area contributed by atoms with E-state index in [1.54, 1.807) is 10.8 Å². The Labute approximate surface area is 279 Å². The molecule has 0 saturated heterocycles. The van der Waals surface area contributed by atoms with Gasteiger partial charge in [-0.25, -0.2) is 9.78 Å². The third-order valence-electron chi connectivity index (χ3n) is 9.07. The highest BCUT2D eigenvalue weighted by molar-refractivity contribution is 6.07. The van der Waals surface area contributed by atoms with E-state index in [0.29, 0.717) is 30.3 Å². The summed E-state index contributed by atoms with van der Waals surface area (Å²) in [4.78, 5) is 32.9. The molecule has 0 bridgehead atoms. The number of fused-ring (bicyclic) bond motifs is 1. The summed E-state index contributed by atoms with van der Waals surface area (Å²) in [5, 5.41) is 10.5. The predicted octanol–water partition coefficient (Wildman–Crippen LogP) is 9.03. The largest absolute Gasteiger partial charge is 0.323 e. The number of hydrogen-bond acceptors (Lipinski definition) is 4. The van der Waals surface area contributed by atoms with Crippen LogP contribution in [-0.4, -0.2) is 28.2 Å². The highest BCUT2D eigenvalue weighted by Crippen LogP contribution is 2.35. The minimum atomic E-state index is -0.451. The number of aryl methyl sites for hydroxylation is 1. The lowest BCUT2D eigenvalue weighted by atomic mass is 9.93. The topological polar surface area (TPSA) is 88.0 Å². The van der Waals surface area contributed by atoms with Crippen LogP contribution >= 0.6 is 0 Å². The van der Waals surface area contributed by atoms with Crippen LogP contribution in [0.5, 0.6) is 0 Å². The molecule has 0 unspecified atom stereocenters. The smallest absolute Gasteiger partial charge is 0.307 e. The van der Waals surface area contributed by atoms with E-state index < -0.39 is 6.03 Å². The van der Waals surface area contributed by atoms with Gasteiger partial charge in [-0.05, 0) is 72.1 Å². The molecule has 1 saturated carbocycles. The van der Waals surface area contributed by atoms with Gasteiger partial charge in [0.2, 0.25) is 0 Å². The molecule has 0 aliphatic heterocycles. The summed E-state index contributed by atoms with van der Waals surface area (Å²) in [5.41, 5.74) is 5.76. The van der Waals surface area contributed by atoms with Gasteiger partial charge < -0.3 is 16.0 Å². The molecule has 2 amide bonds. The predicted molar refractivity (Wildman–Crippen MR) is 195 cm³/mol. The van der Waals surface area contributed by atoms with Crippen molar-refractivity contribution in [2.45, 2.75) is 104 Å². The number of nitrogens with zero attached hydrogens (tertiary/aromatic N) is 2. The Morgan fingerprint density at radius 2 is 1.64 bits per heavy atom. The number of para-hydroxylation sites is 1. The van der Waals surface area contributed by atoms with Crippen LogP contribution in [0, 0.1) is 11.8 Å². The first-order valence-electron chi connectivity index (χ1n) is 17.3. The van der Waals surface area contributed by atoms with Crippen molar-refractivity contribution >= 4 is 28.4 Å². The second kappa shape index (κ2) is 15.9. The van der Waals surface area contributed by atoms with Crippen molar-refractivity contribution in [2.75, 3.05) is 17.2 Å². The molecule has 1 fully saturated rings. The number of anilines is 2. The zero-order chi connectivity index (χ0) is 33.3. The van der Waals surface area contributed by atoms with Gasteiger partial charge in [0.05, 0.1) is 6.54 Å². The van der Waals surface area contributed by atoms with Crippen LogP contribution in [-0.2, 0) is 6.54 Å². The second-order valence-corrected chi connectivity index (χ2v) is 13.2. The van der Waals surface area contributed by atoms with Crippen LogP contribution in [0.1, 0.15) is 108 Å². The number of urea groups is 1. The van der Waals surface area contributed by atoms with Gasteiger partial charge in [0.15, 0.2) is 0 Å². The zero-order valence-corrected chi connectivity index (χ0v) is 28.6. The van der Waals surface area contributed by atoms with Crippen molar-refractivity contribution in [3.8, 4) is 23.0 Å². The van der Waals surface area contributed by atoms with Gasteiger partial charge in [-0.3, -0.25) is 9.36 Å². The van der Waals surface area contributed by atoms with Crippen LogP contribution in [0.3, 0.4) is 0 Å².